The maximum Gasteiger partial charge on any atom is 0.306 e. The number of hydrogen-bond acceptors (Lipinski definition) is 7. The highest BCUT2D eigenvalue weighted by Gasteiger charge is 2.43. The Hall–Kier alpha value is -2.12. The second-order valence-electron chi connectivity index (χ2n) is 10.9. The predicted octanol–water partition coefficient (Wildman–Crippen LogP) is 5.35. The Morgan fingerprint density at radius 3 is 1.32 bits per heavy atom. The molecule has 0 heterocycles. The lowest BCUT2D eigenvalue weighted by atomic mass is 9.84. The van der Waals surface area contributed by atoms with E-state index in [4.69, 9.17) is 14.2 Å². The summed E-state index contributed by atoms with van der Waals surface area (Å²) in [6, 6.07) is 0. The fraction of sp³-hybridized carbons (Fsp3) is 0.826. The highest BCUT2D eigenvalue weighted by Crippen LogP contribution is 2.32. The van der Waals surface area contributed by atoms with Crippen LogP contribution in [-0.2, 0) is 23.8 Å². The zero-order chi connectivity index (χ0) is 24.7. The Morgan fingerprint density at radius 2 is 1.03 bits per heavy atom. The van der Waals surface area contributed by atoms with E-state index in [1.54, 1.807) is 41.5 Å². The van der Waals surface area contributed by atoms with E-state index in [2.05, 4.69) is 6.58 Å². The summed E-state index contributed by atoms with van der Waals surface area (Å²) in [6.45, 7) is 19.9. The molecule has 0 saturated carbocycles. The van der Waals surface area contributed by atoms with Gasteiger partial charge in [0.05, 0.1) is 18.6 Å². The van der Waals surface area contributed by atoms with Crippen molar-refractivity contribution < 1.29 is 28.7 Å². The first-order valence-electron chi connectivity index (χ1n) is 10.7. The van der Waals surface area contributed by atoms with Crippen LogP contribution in [0.15, 0.2) is 12.3 Å². The lowest BCUT2D eigenvalue weighted by Gasteiger charge is -2.28. The Bertz CT molecular complexity index is 569. The van der Waals surface area contributed by atoms with Gasteiger partial charge in [0.1, 0.15) is 16.8 Å². The molecule has 0 amide bonds. The largest absolute Gasteiger partial charge is 0.493 e. The molecule has 0 unspecified atom stereocenters. The molecule has 0 aliphatic rings. The Kier molecular flexibility index (Phi) is 10.2. The van der Waals surface area contributed by atoms with Crippen LogP contribution in [0.2, 0.25) is 0 Å². The van der Waals surface area contributed by atoms with E-state index < -0.39 is 39.2 Å². The smallest absolute Gasteiger partial charge is 0.306 e. The number of esters is 2. The zero-order valence-corrected chi connectivity index (χ0v) is 20.8. The minimum Gasteiger partial charge on any atom is -0.493 e. The molecule has 31 heavy (non-hydrogen) atoms. The molecule has 0 N–H and O–H groups in total. The van der Waals surface area contributed by atoms with E-state index in [9.17, 15) is 19.7 Å². The molecule has 180 valence electrons. The van der Waals surface area contributed by atoms with Crippen molar-refractivity contribution in [3.8, 4) is 0 Å². The van der Waals surface area contributed by atoms with Crippen molar-refractivity contribution in [2.45, 2.75) is 123 Å². The molecule has 0 fully saturated rings. The third-order valence-electron chi connectivity index (χ3n) is 4.14. The van der Waals surface area contributed by atoms with Crippen molar-refractivity contribution in [2.24, 2.45) is 0 Å². The first-order chi connectivity index (χ1) is 13.7. The molecular weight excluding hydrogens is 402 g/mol. The minimum atomic E-state index is -1.50. The van der Waals surface area contributed by atoms with E-state index >= 15 is 0 Å². The van der Waals surface area contributed by atoms with Crippen molar-refractivity contribution >= 4 is 11.9 Å². The highest BCUT2D eigenvalue weighted by atomic mass is 16.6. The van der Waals surface area contributed by atoms with E-state index in [0.29, 0.717) is 5.76 Å². The summed E-state index contributed by atoms with van der Waals surface area (Å²) in [5.74, 6) is -0.602. The van der Waals surface area contributed by atoms with Crippen LogP contribution in [0.5, 0.6) is 0 Å². The van der Waals surface area contributed by atoms with Crippen LogP contribution in [0.3, 0.4) is 0 Å². The van der Waals surface area contributed by atoms with E-state index in [1.807, 2.05) is 20.8 Å². The number of carbonyl (C=O) groups is 2. The van der Waals surface area contributed by atoms with Crippen LogP contribution >= 0.6 is 0 Å². The maximum atomic E-state index is 12.2. The van der Waals surface area contributed by atoms with Crippen LogP contribution in [0.4, 0.5) is 0 Å². The van der Waals surface area contributed by atoms with Crippen LogP contribution in [-0.4, -0.2) is 39.2 Å². The molecule has 0 aliphatic carbocycles. The first-order valence-corrected chi connectivity index (χ1v) is 10.7. The Balaban J connectivity index is 5.45. The number of ether oxygens (including phenoxy) is 3. The molecule has 0 bridgehead atoms. The molecule has 0 rings (SSSR count). The molecule has 0 spiro atoms. The zero-order valence-electron chi connectivity index (χ0n) is 20.8. The minimum absolute atomic E-state index is 0.0551. The van der Waals surface area contributed by atoms with Crippen molar-refractivity contribution in [3.05, 3.63) is 22.5 Å². The van der Waals surface area contributed by atoms with Gasteiger partial charge >= 0.3 is 11.9 Å². The summed E-state index contributed by atoms with van der Waals surface area (Å²) < 4.78 is 16.3. The van der Waals surface area contributed by atoms with Gasteiger partial charge in [-0.25, -0.2) is 0 Å². The topological polar surface area (TPSA) is 105 Å². The number of carbonyl (C=O) groups excluding carboxylic acids is 2. The summed E-state index contributed by atoms with van der Waals surface area (Å²) in [6.07, 6.45) is -0.0409. The van der Waals surface area contributed by atoms with Gasteiger partial charge in [0, 0.05) is 30.6 Å². The van der Waals surface area contributed by atoms with Gasteiger partial charge in [-0.2, -0.15) is 0 Å². The molecule has 0 aromatic rings. The van der Waals surface area contributed by atoms with E-state index in [0.717, 1.165) is 0 Å². The molecule has 0 aromatic carbocycles. The van der Waals surface area contributed by atoms with Gasteiger partial charge in [0.15, 0.2) is 0 Å². The van der Waals surface area contributed by atoms with Gasteiger partial charge in [-0.05, 0) is 62.3 Å². The van der Waals surface area contributed by atoms with Crippen LogP contribution < -0.4 is 0 Å². The lowest BCUT2D eigenvalue weighted by molar-refractivity contribution is -0.573. The Morgan fingerprint density at radius 1 is 0.710 bits per heavy atom. The summed E-state index contributed by atoms with van der Waals surface area (Å²) in [5, 5.41) is 12.1. The van der Waals surface area contributed by atoms with Crippen LogP contribution in [0.1, 0.15) is 101 Å². The fourth-order valence-electron chi connectivity index (χ4n) is 2.96. The van der Waals surface area contributed by atoms with E-state index in [-0.39, 0.29) is 38.5 Å². The molecule has 8 heteroatoms. The van der Waals surface area contributed by atoms with Crippen molar-refractivity contribution in [2.75, 3.05) is 0 Å². The molecular formula is C23H41NO7. The number of hydrogen-bond donors (Lipinski definition) is 0. The second kappa shape index (κ2) is 11.0. The average Bonchev–Trinajstić information content (AvgIpc) is 2.49. The predicted molar refractivity (Wildman–Crippen MR) is 119 cm³/mol. The third kappa shape index (κ3) is 13.7. The summed E-state index contributed by atoms with van der Waals surface area (Å²) in [5.41, 5.74) is -3.33. The quantitative estimate of drug-likeness (QED) is 0.183. The number of allylic oxidation sites excluding steroid dienone is 1. The molecule has 0 aliphatic heterocycles. The Labute approximate surface area is 186 Å². The fourth-order valence-corrected chi connectivity index (χ4v) is 2.96. The standard InChI is InChI=1S/C23H41NO7/c1-17(29-20(2,3)4)11-14-23(24(27)28,15-12-18(25)30-21(5,6)7)16-13-19(26)31-22(8,9)10/h1,11-16H2,2-10H3. The highest BCUT2D eigenvalue weighted by molar-refractivity contribution is 5.70. The van der Waals surface area contributed by atoms with Gasteiger partial charge in [-0.1, -0.05) is 6.58 Å². The first kappa shape index (κ1) is 28.9. The maximum absolute atomic E-state index is 12.2. The van der Waals surface area contributed by atoms with Crippen LogP contribution in [0.25, 0.3) is 0 Å². The SMILES string of the molecule is C=C(CCC(CCC(=O)OC(C)(C)C)(CCC(=O)OC(C)(C)C)[N+](=O)[O-])OC(C)(C)C. The number of nitro groups is 1. The van der Waals surface area contributed by atoms with Gasteiger partial charge in [-0.15, -0.1) is 0 Å². The van der Waals surface area contributed by atoms with Crippen molar-refractivity contribution in [1.29, 1.82) is 0 Å². The van der Waals surface area contributed by atoms with Crippen molar-refractivity contribution in [1.82, 2.24) is 0 Å². The van der Waals surface area contributed by atoms with Crippen molar-refractivity contribution in [3.63, 3.8) is 0 Å². The summed E-state index contributed by atoms with van der Waals surface area (Å²) in [4.78, 5) is 36.2. The molecule has 8 nitrogen and oxygen atoms in total. The second-order valence-corrected chi connectivity index (χ2v) is 10.9. The molecule has 0 saturated heterocycles. The average molecular weight is 444 g/mol. The summed E-state index contributed by atoms with van der Waals surface area (Å²) in [7, 11) is 0. The lowest BCUT2D eigenvalue weighted by Crippen LogP contribution is -2.40. The van der Waals surface area contributed by atoms with Gasteiger partial charge < -0.3 is 14.2 Å². The molecule has 0 aromatic heterocycles. The monoisotopic (exact) mass is 443 g/mol. The van der Waals surface area contributed by atoms with Crippen LogP contribution in [0, 0.1) is 10.1 Å². The molecule has 0 radical (unpaired) electrons. The normalized spacial score (nSPS) is 12.8. The summed E-state index contributed by atoms with van der Waals surface area (Å²) >= 11 is 0. The number of rotatable bonds is 11. The third-order valence-corrected chi connectivity index (χ3v) is 4.14. The van der Waals surface area contributed by atoms with E-state index in [1.165, 1.54) is 0 Å². The van der Waals surface area contributed by atoms with Gasteiger partial charge in [-0.3, -0.25) is 19.7 Å². The van der Waals surface area contributed by atoms with Gasteiger partial charge in [0.25, 0.3) is 0 Å². The van der Waals surface area contributed by atoms with Gasteiger partial charge in [0.2, 0.25) is 5.54 Å². The number of nitrogens with zero attached hydrogens (tertiary/aromatic N) is 1. The molecule has 0 atom stereocenters.